The number of aromatic nitrogens is 2. The first kappa shape index (κ1) is 14.4. The third-order valence-electron chi connectivity index (χ3n) is 2.76. The lowest BCUT2D eigenvalue weighted by Gasteiger charge is -2.20. The molecule has 0 aliphatic rings. The van der Waals surface area contributed by atoms with E-state index in [0.717, 1.165) is 5.56 Å². The minimum atomic E-state index is -0.325. The third kappa shape index (κ3) is 3.51. The zero-order valence-corrected chi connectivity index (χ0v) is 11.6. The Morgan fingerprint density at radius 1 is 1.40 bits per heavy atom. The first-order valence-corrected chi connectivity index (χ1v) is 6.49. The molecule has 0 bridgehead atoms. The second kappa shape index (κ2) is 6.43. The van der Waals surface area contributed by atoms with Crippen LogP contribution in [0.15, 0.2) is 36.7 Å². The quantitative estimate of drug-likeness (QED) is 0.871. The van der Waals surface area contributed by atoms with Crippen LogP contribution in [0.2, 0.25) is 5.15 Å². The number of carbonyl (C=O) groups is 1. The minimum Gasteiger partial charge on any atom is -0.333 e. The smallest absolute Gasteiger partial charge is 0.274 e. The van der Waals surface area contributed by atoms with Gasteiger partial charge in [-0.1, -0.05) is 23.7 Å². The maximum atomic E-state index is 13.2. The summed E-state index contributed by atoms with van der Waals surface area (Å²) < 4.78 is 13.2. The normalized spacial score (nSPS) is 10.3. The molecule has 0 saturated heterocycles. The molecule has 0 N–H and O–H groups in total. The van der Waals surface area contributed by atoms with Crippen LogP contribution in [-0.2, 0) is 6.54 Å². The van der Waals surface area contributed by atoms with Crippen LogP contribution in [0, 0.1) is 5.82 Å². The zero-order chi connectivity index (χ0) is 14.5. The van der Waals surface area contributed by atoms with Crippen molar-refractivity contribution in [3.05, 3.63) is 58.9 Å². The van der Waals surface area contributed by atoms with E-state index in [2.05, 4.69) is 9.97 Å². The Morgan fingerprint density at radius 2 is 2.20 bits per heavy atom. The fourth-order valence-electron chi connectivity index (χ4n) is 1.79. The van der Waals surface area contributed by atoms with Crippen molar-refractivity contribution in [1.29, 1.82) is 0 Å². The van der Waals surface area contributed by atoms with Gasteiger partial charge in [0.2, 0.25) is 0 Å². The molecule has 1 heterocycles. The van der Waals surface area contributed by atoms with Crippen LogP contribution in [-0.4, -0.2) is 27.3 Å². The van der Waals surface area contributed by atoms with E-state index in [1.165, 1.54) is 24.5 Å². The zero-order valence-electron chi connectivity index (χ0n) is 10.9. The van der Waals surface area contributed by atoms with Crippen LogP contribution in [0.4, 0.5) is 4.39 Å². The average Bonchev–Trinajstić information content (AvgIpc) is 2.44. The first-order chi connectivity index (χ1) is 9.60. The number of rotatable bonds is 4. The van der Waals surface area contributed by atoms with Crippen LogP contribution in [0.1, 0.15) is 23.0 Å². The molecular formula is C14H13ClFN3O. The molecule has 0 unspecified atom stereocenters. The highest BCUT2D eigenvalue weighted by Gasteiger charge is 2.16. The highest BCUT2D eigenvalue weighted by molar-refractivity contribution is 6.29. The van der Waals surface area contributed by atoms with E-state index in [0.29, 0.717) is 13.1 Å². The Bertz CT molecular complexity index is 621. The number of halogens is 2. The van der Waals surface area contributed by atoms with Gasteiger partial charge in [-0.3, -0.25) is 9.78 Å². The van der Waals surface area contributed by atoms with Gasteiger partial charge in [0.05, 0.1) is 12.4 Å². The van der Waals surface area contributed by atoms with Gasteiger partial charge in [0, 0.05) is 13.1 Å². The van der Waals surface area contributed by atoms with Crippen LogP contribution in [0.3, 0.4) is 0 Å². The maximum Gasteiger partial charge on any atom is 0.274 e. The molecule has 4 nitrogen and oxygen atoms in total. The SMILES string of the molecule is CCN(Cc1cccc(F)c1)C(=O)c1cncc(Cl)n1. The summed E-state index contributed by atoms with van der Waals surface area (Å²) in [4.78, 5) is 21.6. The van der Waals surface area contributed by atoms with Crippen molar-refractivity contribution < 1.29 is 9.18 Å². The van der Waals surface area contributed by atoms with Gasteiger partial charge in [-0.25, -0.2) is 9.37 Å². The highest BCUT2D eigenvalue weighted by atomic mass is 35.5. The van der Waals surface area contributed by atoms with Gasteiger partial charge in [-0.05, 0) is 24.6 Å². The predicted molar refractivity (Wildman–Crippen MR) is 73.9 cm³/mol. The van der Waals surface area contributed by atoms with Crippen molar-refractivity contribution in [3.8, 4) is 0 Å². The Hall–Kier alpha value is -2.01. The number of hydrogen-bond acceptors (Lipinski definition) is 3. The van der Waals surface area contributed by atoms with Gasteiger partial charge in [-0.2, -0.15) is 0 Å². The summed E-state index contributed by atoms with van der Waals surface area (Å²) in [5.74, 6) is -0.611. The second-order valence-electron chi connectivity index (χ2n) is 4.18. The van der Waals surface area contributed by atoms with Crippen LogP contribution >= 0.6 is 11.6 Å². The molecule has 1 aromatic heterocycles. The van der Waals surface area contributed by atoms with Crippen molar-refractivity contribution in [3.63, 3.8) is 0 Å². The van der Waals surface area contributed by atoms with E-state index in [1.807, 2.05) is 6.92 Å². The van der Waals surface area contributed by atoms with Crippen LogP contribution in [0.5, 0.6) is 0 Å². The Morgan fingerprint density at radius 3 is 2.85 bits per heavy atom. The van der Waals surface area contributed by atoms with Crippen molar-refractivity contribution in [2.75, 3.05) is 6.54 Å². The lowest BCUT2D eigenvalue weighted by Crippen LogP contribution is -2.31. The highest BCUT2D eigenvalue weighted by Crippen LogP contribution is 2.11. The molecule has 0 radical (unpaired) electrons. The van der Waals surface area contributed by atoms with Gasteiger partial charge in [0.1, 0.15) is 16.7 Å². The largest absolute Gasteiger partial charge is 0.333 e. The molecule has 0 atom stereocenters. The Balaban J connectivity index is 2.18. The fourth-order valence-corrected chi connectivity index (χ4v) is 1.94. The Labute approximate surface area is 121 Å². The lowest BCUT2D eigenvalue weighted by molar-refractivity contribution is 0.0746. The molecule has 1 aromatic carbocycles. The number of nitrogens with zero attached hydrogens (tertiary/aromatic N) is 3. The maximum absolute atomic E-state index is 13.2. The van der Waals surface area contributed by atoms with E-state index >= 15 is 0 Å². The standard InChI is InChI=1S/C14H13ClFN3O/c1-2-19(9-10-4-3-5-11(16)6-10)14(20)12-7-17-8-13(15)18-12/h3-8H,2,9H2,1H3. The van der Waals surface area contributed by atoms with E-state index in [4.69, 9.17) is 11.6 Å². The molecule has 0 fully saturated rings. The van der Waals surface area contributed by atoms with Crippen LogP contribution < -0.4 is 0 Å². The van der Waals surface area contributed by atoms with E-state index in [9.17, 15) is 9.18 Å². The predicted octanol–water partition coefficient (Wildman–Crippen LogP) is 2.93. The minimum absolute atomic E-state index is 0.164. The Kier molecular flexibility index (Phi) is 4.63. The van der Waals surface area contributed by atoms with Gasteiger partial charge in [0.25, 0.3) is 5.91 Å². The number of hydrogen-bond donors (Lipinski definition) is 0. The van der Waals surface area contributed by atoms with Gasteiger partial charge in [0.15, 0.2) is 0 Å². The molecule has 0 spiro atoms. The van der Waals surface area contributed by atoms with E-state index < -0.39 is 0 Å². The van der Waals surface area contributed by atoms with E-state index in [-0.39, 0.29) is 22.6 Å². The van der Waals surface area contributed by atoms with Gasteiger partial charge >= 0.3 is 0 Å². The summed E-state index contributed by atoms with van der Waals surface area (Å²) in [6, 6.07) is 6.15. The van der Waals surface area contributed by atoms with Crippen molar-refractivity contribution in [2.45, 2.75) is 13.5 Å². The molecule has 0 aliphatic heterocycles. The first-order valence-electron chi connectivity index (χ1n) is 6.11. The van der Waals surface area contributed by atoms with E-state index in [1.54, 1.807) is 17.0 Å². The number of carbonyl (C=O) groups excluding carboxylic acids is 1. The average molecular weight is 294 g/mol. The molecule has 104 valence electrons. The molecule has 2 aromatic rings. The summed E-state index contributed by atoms with van der Waals surface area (Å²) in [6.45, 7) is 2.62. The van der Waals surface area contributed by atoms with Gasteiger partial charge < -0.3 is 4.90 Å². The lowest BCUT2D eigenvalue weighted by atomic mass is 10.2. The molecule has 0 saturated carbocycles. The molecule has 6 heteroatoms. The summed E-state index contributed by atoms with van der Waals surface area (Å²) in [7, 11) is 0. The summed E-state index contributed by atoms with van der Waals surface area (Å²) in [6.07, 6.45) is 2.73. The summed E-state index contributed by atoms with van der Waals surface area (Å²) in [5, 5.41) is 0.164. The van der Waals surface area contributed by atoms with Crippen molar-refractivity contribution in [2.24, 2.45) is 0 Å². The third-order valence-corrected chi connectivity index (χ3v) is 2.94. The molecule has 20 heavy (non-hydrogen) atoms. The summed E-state index contributed by atoms with van der Waals surface area (Å²) in [5.41, 5.74) is 0.894. The van der Waals surface area contributed by atoms with Crippen LogP contribution in [0.25, 0.3) is 0 Å². The monoisotopic (exact) mass is 293 g/mol. The second-order valence-corrected chi connectivity index (χ2v) is 4.56. The molecule has 2 rings (SSSR count). The number of amides is 1. The van der Waals surface area contributed by atoms with Crippen molar-refractivity contribution in [1.82, 2.24) is 14.9 Å². The molecule has 1 amide bonds. The fraction of sp³-hybridized carbons (Fsp3) is 0.214. The number of benzene rings is 1. The topological polar surface area (TPSA) is 46.1 Å². The molecule has 0 aliphatic carbocycles. The van der Waals surface area contributed by atoms with Crippen molar-refractivity contribution >= 4 is 17.5 Å². The van der Waals surface area contributed by atoms with Gasteiger partial charge in [-0.15, -0.1) is 0 Å². The summed E-state index contributed by atoms with van der Waals surface area (Å²) >= 11 is 5.72. The molecular weight excluding hydrogens is 281 g/mol.